The Kier molecular flexibility index (Phi) is 9.35. The van der Waals surface area contributed by atoms with E-state index in [1.54, 1.807) is 24.3 Å². The minimum Gasteiger partial charge on any atom is -0.468 e. The molecule has 1 fully saturated rings. The van der Waals surface area contributed by atoms with E-state index in [-0.39, 0.29) is 17.9 Å². The van der Waals surface area contributed by atoms with Crippen molar-refractivity contribution in [3.63, 3.8) is 0 Å². The van der Waals surface area contributed by atoms with Gasteiger partial charge in [0.1, 0.15) is 6.04 Å². The predicted octanol–water partition coefficient (Wildman–Crippen LogP) is 7.44. The molecule has 5 rings (SSSR count). The molecule has 0 aliphatic carbocycles. The van der Waals surface area contributed by atoms with Gasteiger partial charge in [-0.25, -0.2) is 4.79 Å². The number of piperidine rings is 1. The number of halogens is 3. The van der Waals surface area contributed by atoms with E-state index in [9.17, 15) is 22.8 Å². The van der Waals surface area contributed by atoms with Crippen molar-refractivity contribution in [2.24, 2.45) is 0 Å². The van der Waals surface area contributed by atoms with Gasteiger partial charge in [-0.2, -0.15) is 13.2 Å². The van der Waals surface area contributed by atoms with E-state index in [1.807, 2.05) is 61.6 Å². The van der Waals surface area contributed by atoms with E-state index >= 15 is 0 Å². The summed E-state index contributed by atoms with van der Waals surface area (Å²) in [7, 11) is 3.39. The number of carbonyl (C=O) groups is 2. The van der Waals surface area contributed by atoms with Gasteiger partial charge in [-0.3, -0.25) is 9.69 Å². The molecule has 0 radical (unpaired) electrons. The van der Waals surface area contributed by atoms with Crippen LogP contribution in [0.4, 0.5) is 24.5 Å². The second-order valence-corrected chi connectivity index (χ2v) is 10.8. The third-order valence-electron chi connectivity index (χ3n) is 8.17. The predicted molar refractivity (Wildman–Crippen MR) is 165 cm³/mol. The molecular formula is C35H34F3N3O3. The highest BCUT2D eigenvalue weighted by Gasteiger charge is 2.33. The number of ether oxygens (including phenoxy) is 1. The number of hydrogen-bond acceptors (Lipinski definition) is 5. The average molecular weight is 602 g/mol. The van der Waals surface area contributed by atoms with Crippen molar-refractivity contribution >= 4 is 23.3 Å². The molecule has 0 saturated carbocycles. The van der Waals surface area contributed by atoms with Crippen LogP contribution in [-0.2, 0) is 15.7 Å². The van der Waals surface area contributed by atoms with Crippen molar-refractivity contribution in [2.75, 3.05) is 37.5 Å². The molecule has 228 valence electrons. The summed E-state index contributed by atoms with van der Waals surface area (Å²) in [6.07, 6.45) is -2.68. The number of nitrogens with zero attached hydrogens (tertiary/aromatic N) is 2. The van der Waals surface area contributed by atoms with Gasteiger partial charge in [0, 0.05) is 36.1 Å². The van der Waals surface area contributed by atoms with E-state index in [0.717, 1.165) is 49.3 Å². The number of anilines is 2. The number of hydrogen-bond donors (Lipinski definition) is 1. The SMILES string of the molecule is COC(=O)C(c1ccccc1)N(C)C1CCN(c2ccc(NC(=O)c3ccccc3-c3ccc(C(F)(F)F)cc3)cc2)CC1. The number of esters is 1. The Morgan fingerprint density at radius 3 is 2.09 bits per heavy atom. The molecule has 0 bridgehead atoms. The number of likely N-dealkylation sites (N-methyl/N-ethyl adjacent to an activating group) is 1. The van der Waals surface area contributed by atoms with Crippen molar-refractivity contribution in [3.05, 3.63) is 120 Å². The van der Waals surface area contributed by atoms with Crippen LogP contribution in [0.25, 0.3) is 11.1 Å². The maximum absolute atomic E-state index is 13.2. The number of carbonyl (C=O) groups excluding carboxylic acids is 2. The molecule has 6 nitrogen and oxygen atoms in total. The van der Waals surface area contributed by atoms with E-state index in [0.29, 0.717) is 22.4 Å². The summed E-state index contributed by atoms with van der Waals surface area (Å²) in [4.78, 5) is 30.3. The fourth-order valence-corrected chi connectivity index (χ4v) is 5.75. The molecule has 1 aliphatic rings. The highest BCUT2D eigenvalue weighted by atomic mass is 19.4. The Bertz CT molecular complexity index is 1570. The number of amides is 1. The monoisotopic (exact) mass is 601 g/mol. The topological polar surface area (TPSA) is 61.9 Å². The standard InChI is InChI=1S/C35H34F3N3O3/c1-40(32(34(43)44-2)25-8-4-3-5-9-25)28-20-22-41(23-21-28)29-18-16-27(17-19-29)39-33(42)31-11-7-6-10-30(31)24-12-14-26(15-13-24)35(36,37)38/h3-19,28,32H,20-23H2,1-2H3,(H,39,42). The molecule has 9 heteroatoms. The molecule has 1 heterocycles. The summed E-state index contributed by atoms with van der Waals surface area (Å²) in [5.74, 6) is -0.628. The summed E-state index contributed by atoms with van der Waals surface area (Å²) >= 11 is 0. The van der Waals surface area contributed by atoms with E-state index in [1.165, 1.54) is 19.2 Å². The summed E-state index contributed by atoms with van der Waals surface area (Å²) in [6, 6.07) is 28.6. The van der Waals surface area contributed by atoms with Crippen molar-refractivity contribution in [3.8, 4) is 11.1 Å². The van der Waals surface area contributed by atoms with Gasteiger partial charge in [0.15, 0.2) is 0 Å². The first kappa shape index (κ1) is 30.8. The van der Waals surface area contributed by atoms with Crippen LogP contribution in [-0.4, -0.2) is 50.1 Å². The smallest absolute Gasteiger partial charge is 0.416 e. The van der Waals surface area contributed by atoms with Gasteiger partial charge in [0.05, 0.1) is 12.7 Å². The summed E-state index contributed by atoms with van der Waals surface area (Å²) in [5.41, 5.74) is 3.24. The Labute approximate surface area is 255 Å². The zero-order chi connectivity index (χ0) is 31.3. The lowest BCUT2D eigenvalue weighted by Crippen LogP contribution is -2.46. The van der Waals surface area contributed by atoms with Gasteiger partial charge in [0.2, 0.25) is 0 Å². The van der Waals surface area contributed by atoms with Crippen LogP contribution < -0.4 is 10.2 Å². The molecule has 1 N–H and O–H groups in total. The molecule has 0 aromatic heterocycles. The number of nitrogens with one attached hydrogen (secondary N) is 1. The number of alkyl halides is 3. The largest absolute Gasteiger partial charge is 0.468 e. The molecule has 1 aliphatic heterocycles. The molecule has 44 heavy (non-hydrogen) atoms. The van der Waals surface area contributed by atoms with Crippen molar-refractivity contribution < 1.29 is 27.5 Å². The van der Waals surface area contributed by atoms with Gasteiger partial charge in [-0.05, 0) is 79.0 Å². The lowest BCUT2D eigenvalue weighted by atomic mass is 9.98. The fourth-order valence-electron chi connectivity index (χ4n) is 5.75. The first-order valence-corrected chi connectivity index (χ1v) is 14.4. The maximum atomic E-state index is 13.2. The van der Waals surface area contributed by atoms with E-state index in [4.69, 9.17) is 4.74 Å². The lowest BCUT2D eigenvalue weighted by Gasteiger charge is -2.40. The van der Waals surface area contributed by atoms with Gasteiger partial charge in [-0.1, -0.05) is 60.7 Å². The summed E-state index contributed by atoms with van der Waals surface area (Å²) in [5, 5.41) is 2.91. The third kappa shape index (κ3) is 6.94. The Hall–Kier alpha value is -4.63. The second-order valence-electron chi connectivity index (χ2n) is 10.8. The quantitative estimate of drug-likeness (QED) is 0.213. The number of rotatable bonds is 8. The van der Waals surface area contributed by atoms with Crippen LogP contribution in [0.15, 0.2) is 103 Å². The van der Waals surface area contributed by atoms with E-state index < -0.39 is 17.8 Å². The molecular weight excluding hydrogens is 567 g/mol. The highest BCUT2D eigenvalue weighted by Crippen LogP contribution is 2.33. The first-order chi connectivity index (χ1) is 21.2. The highest BCUT2D eigenvalue weighted by molar-refractivity contribution is 6.08. The van der Waals surface area contributed by atoms with Crippen molar-refractivity contribution in [1.29, 1.82) is 0 Å². The zero-order valence-corrected chi connectivity index (χ0v) is 24.6. The molecule has 1 saturated heterocycles. The molecule has 4 aromatic carbocycles. The fraction of sp³-hybridized carbons (Fsp3) is 0.257. The van der Waals surface area contributed by atoms with Crippen LogP contribution in [0.5, 0.6) is 0 Å². The molecule has 0 spiro atoms. The molecule has 1 atom stereocenters. The molecule has 4 aromatic rings. The van der Waals surface area contributed by atoms with Crippen LogP contribution in [0.3, 0.4) is 0 Å². The number of methoxy groups -OCH3 is 1. The lowest BCUT2D eigenvalue weighted by molar-refractivity contribution is -0.148. The Morgan fingerprint density at radius 2 is 1.48 bits per heavy atom. The maximum Gasteiger partial charge on any atom is 0.416 e. The zero-order valence-electron chi connectivity index (χ0n) is 24.6. The Morgan fingerprint density at radius 1 is 0.864 bits per heavy atom. The second kappa shape index (κ2) is 13.3. The van der Waals surface area contributed by atoms with Gasteiger partial charge < -0.3 is 15.0 Å². The van der Waals surface area contributed by atoms with Gasteiger partial charge >= 0.3 is 12.1 Å². The minimum absolute atomic E-state index is 0.207. The Balaban J connectivity index is 1.21. The van der Waals surface area contributed by atoms with Crippen LogP contribution in [0.2, 0.25) is 0 Å². The third-order valence-corrected chi connectivity index (χ3v) is 8.17. The van der Waals surface area contributed by atoms with Crippen molar-refractivity contribution in [1.82, 2.24) is 4.90 Å². The van der Waals surface area contributed by atoms with Gasteiger partial charge in [0.25, 0.3) is 5.91 Å². The normalized spacial score (nSPS) is 14.7. The molecule has 1 unspecified atom stereocenters. The van der Waals surface area contributed by atoms with Crippen LogP contribution >= 0.6 is 0 Å². The van der Waals surface area contributed by atoms with E-state index in [2.05, 4.69) is 15.1 Å². The summed E-state index contributed by atoms with van der Waals surface area (Å²) in [6.45, 7) is 1.62. The van der Waals surface area contributed by atoms with Crippen LogP contribution in [0.1, 0.15) is 40.4 Å². The van der Waals surface area contributed by atoms with Gasteiger partial charge in [-0.15, -0.1) is 0 Å². The number of benzene rings is 4. The van der Waals surface area contributed by atoms with Crippen molar-refractivity contribution in [2.45, 2.75) is 31.1 Å². The average Bonchev–Trinajstić information content (AvgIpc) is 3.05. The first-order valence-electron chi connectivity index (χ1n) is 14.4. The molecule has 1 amide bonds. The minimum atomic E-state index is -4.43. The summed E-state index contributed by atoms with van der Waals surface area (Å²) < 4.78 is 44.2. The van der Waals surface area contributed by atoms with Crippen LogP contribution in [0, 0.1) is 0 Å².